The number of carbonyl (C=O) groups is 1. The molecule has 1 aromatic heterocycles. The van der Waals surface area contributed by atoms with E-state index in [2.05, 4.69) is 14.1 Å². The van der Waals surface area contributed by atoms with E-state index in [1.54, 1.807) is 38.4 Å². The molecule has 154 valence electrons. The van der Waals surface area contributed by atoms with E-state index in [4.69, 9.17) is 19.2 Å². The van der Waals surface area contributed by atoms with Crippen LogP contribution in [-0.2, 0) is 0 Å². The average molecular weight is 417 g/mol. The van der Waals surface area contributed by atoms with Crippen LogP contribution in [0.15, 0.2) is 36.4 Å². The van der Waals surface area contributed by atoms with E-state index in [-0.39, 0.29) is 5.91 Å². The number of quaternary nitrogens is 1. The highest BCUT2D eigenvalue weighted by Crippen LogP contribution is 2.40. The van der Waals surface area contributed by atoms with Gasteiger partial charge >= 0.3 is 0 Å². The topological polar surface area (TPSA) is 65.3 Å². The fourth-order valence-corrected chi connectivity index (χ4v) is 4.02. The number of aromatic nitrogens is 1. The molecule has 3 aromatic rings. The Hall–Kier alpha value is -2.84. The van der Waals surface area contributed by atoms with E-state index in [9.17, 15) is 4.79 Å². The summed E-state index contributed by atoms with van der Waals surface area (Å²) in [7, 11) is 8.92. The van der Waals surface area contributed by atoms with Gasteiger partial charge in [-0.25, -0.2) is 4.98 Å². The normalized spacial score (nSPS) is 11.0. The summed E-state index contributed by atoms with van der Waals surface area (Å²) in [5, 5.41) is 0.608. The predicted octanol–water partition coefficient (Wildman–Crippen LogP) is 2.11. The van der Waals surface area contributed by atoms with Crippen molar-refractivity contribution in [3.8, 4) is 17.2 Å². The van der Waals surface area contributed by atoms with Gasteiger partial charge in [-0.2, -0.15) is 0 Å². The number of hydrogen-bond acceptors (Lipinski definition) is 6. The molecule has 0 aliphatic carbocycles. The summed E-state index contributed by atoms with van der Waals surface area (Å²) in [6.07, 6.45) is 0. The Morgan fingerprint density at radius 1 is 1.07 bits per heavy atom. The number of likely N-dealkylation sites (N-methyl/N-ethyl adjacent to an activating group) is 1. The molecule has 7 nitrogen and oxygen atoms in total. The third-order valence-corrected chi connectivity index (χ3v) is 5.62. The quantitative estimate of drug-likeness (QED) is 0.609. The van der Waals surface area contributed by atoms with Crippen molar-refractivity contribution >= 4 is 32.6 Å². The van der Waals surface area contributed by atoms with Crippen molar-refractivity contribution in [2.45, 2.75) is 0 Å². The van der Waals surface area contributed by atoms with Gasteiger partial charge in [0, 0.05) is 5.56 Å². The van der Waals surface area contributed by atoms with Gasteiger partial charge in [0.25, 0.3) is 5.91 Å². The van der Waals surface area contributed by atoms with Crippen LogP contribution >= 0.6 is 11.3 Å². The molecular weight excluding hydrogens is 390 g/mol. The minimum absolute atomic E-state index is 0.123. The van der Waals surface area contributed by atoms with Crippen LogP contribution in [0.5, 0.6) is 17.2 Å². The molecular formula is C21H26N3O4S+. The first-order valence-corrected chi connectivity index (χ1v) is 10.1. The van der Waals surface area contributed by atoms with Crippen molar-refractivity contribution in [2.24, 2.45) is 0 Å². The van der Waals surface area contributed by atoms with Crippen molar-refractivity contribution in [2.75, 3.05) is 53.4 Å². The summed E-state index contributed by atoms with van der Waals surface area (Å²) in [5.41, 5.74) is 1.24. The van der Waals surface area contributed by atoms with Crippen LogP contribution in [-0.4, -0.2) is 59.4 Å². The third kappa shape index (κ3) is 4.44. The largest absolute Gasteiger partial charge is 0.497 e. The van der Waals surface area contributed by atoms with E-state index < -0.39 is 0 Å². The van der Waals surface area contributed by atoms with Gasteiger partial charge in [0.2, 0.25) is 0 Å². The van der Waals surface area contributed by atoms with Crippen LogP contribution in [0.4, 0.5) is 5.13 Å². The Kier molecular flexibility index (Phi) is 6.56. The summed E-state index contributed by atoms with van der Waals surface area (Å²) in [4.78, 5) is 21.1. The first kappa shape index (κ1) is 20.9. The number of ether oxygens (including phenoxy) is 3. The summed E-state index contributed by atoms with van der Waals surface area (Å²) < 4.78 is 17.1. The van der Waals surface area contributed by atoms with Crippen molar-refractivity contribution in [3.63, 3.8) is 0 Å². The molecule has 2 aromatic carbocycles. The maximum atomic E-state index is 13.4. The lowest BCUT2D eigenvalue weighted by Crippen LogP contribution is -3.06. The standard InChI is InChI=1S/C21H25N3O4S/c1-23(2)11-12-24(20(25)14-7-6-8-15(13-14)26-3)21-22-18-16(27-4)9-10-17(28-5)19(18)29-21/h6-10,13H,11-12H2,1-5H3/p+1. The molecule has 1 amide bonds. The number of nitrogens with zero attached hydrogens (tertiary/aromatic N) is 2. The molecule has 0 bridgehead atoms. The lowest BCUT2D eigenvalue weighted by molar-refractivity contribution is -0.856. The summed E-state index contributed by atoms with van der Waals surface area (Å²) in [6.45, 7) is 1.31. The third-order valence-electron chi connectivity index (χ3n) is 4.53. The number of rotatable bonds is 8. The summed E-state index contributed by atoms with van der Waals surface area (Å²) in [6, 6.07) is 10.8. The van der Waals surface area contributed by atoms with Gasteiger partial charge in [0.05, 0.1) is 48.5 Å². The summed E-state index contributed by atoms with van der Waals surface area (Å²) >= 11 is 1.42. The number of benzene rings is 2. The van der Waals surface area contributed by atoms with Gasteiger partial charge in [-0.15, -0.1) is 0 Å². The van der Waals surface area contributed by atoms with Crippen molar-refractivity contribution in [1.82, 2.24) is 4.98 Å². The average Bonchev–Trinajstić information content (AvgIpc) is 3.17. The molecule has 0 saturated heterocycles. The molecule has 0 unspecified atom stereocenters. The predicted molar refractivity (Wildman–Crippen MR) is 115 cm³/mol. The highest BCUT2D eigenvalue weighted by atomic mass is 32.1. The van der Waals surface area contributed by atoms with Crippen molar-refractivity contribution < 1.29 is 23.9 Å². The van der Waals surface area contributed by atoms with E-state index in [0.29, 0.717) is 40.0 Å². The van der Waals surface area contributed by atoms with Gasteiger partial charge in [-0.1, -0.05) is 17.4 Å². The minimum atomic E-state index is -0.123. The zero-order chi connectivity index (χ0) is 21.0. The Bertz CT molecular complexity index is 962. The molecule has 8 heteroatoms. The first-order valence-electron chi connectivity index (χ1n) is 9.25. The van der Waals surface area contributed by atoms with Gasteiger partial charge < -0.3 is 19.1 Å². The van der Waals surface area contributed by atoms with Crippen LogP contribution < -0.4 is 24.0 Å². The molecule has 1 heterocycles. The second-order valence-corrected chi connectivity index (χ2v) is 7.77. The zero-order valence-corrected chi connectivity index (χ0v) is 18.1. The maximum absolute atomic E-state index is 13.4. The molecule has 0 saturated carbocycles. The number of amides is 1. The smallest absolute Gasteiger partial charge is 0.260 e. The number of carbonyl (C=O) groups excluding carboxylic acids is 1. The van der Waals surface area contributed by atoms with Crippen LogP contribution in [0.25, 0.3) is 10.2 Å². The fourth-order valence-electron chi connectivity index (χ4n) is 2.92. The highest BCUT2D eigenvalue weighted by Gasteiger charge is 2.24. The molecule has 0 aliphatic rings. The van der Waals surface area contributed by atoms with E-state index in [1.165, 1.54) is 16.2 Å². The molecule has 0 aliphatic heterocycles. The Balaban J connectivity index is 2.07. The number of nitrogens with one attached hydrogen (secondary N) is 1. The number of fused-ring (bicyclic) bond motifs is 1. The zero-order valence-electron chi connectivity index (χ0n) is 17.3. The van der Waals surface area contributed by atoms with E-state index in [0.717, 1.165) is 11.2 Å². The van der Waals surface area contributed by atoms with Crippen LogP contribution in [0, 0.1) is 0 Å². The second-order valence-electron chi connectivity index (χ2n) is 6.79. The second kappa shape index (κ2) is 9.11. The van der Waals surface area contributed by atoms with Gasteiger partial charge in [-0.3, -0.25) is 9.69 Å². The van der Waals surface area contributed by atoms with E-state index in [1.807, 2.05) is 24.3 Å². The van der Waals surface area contributed by atoms with Crippen LogP contribution in [0.3, 0.4) is 0 Å². The van der Waals surface area contributed by atoms with E-state index >= 15 is 0 Å². The minimum Gasteiger partial charge on any atom is -0.497 e. The lowest BCUT2D eigenvalue weighted by Gasteiger charge is -2.21. The number of methoxy groups -OCH3 is 3. The van der Waals surface area contributed by atoms with Crippen molar-refractivity contribution in [1.29, 1.82) is 0 Å². The highest BCUT2D eigenvalue weighted by molar-refractivity contribution is 7.22. The van der Waals surface area contributed by atoms with Crippen molar-refractivity contribution in [3.05, 3.63) is 42.0 Å². The molecule has 29 heavy (non-hydrogen) atoms. The molecule has 1 N–H and O–H groups in total. The monoisotopic (exact) mass is 416 g/mol. The number of anilines is 1. The maximum Gasteiger partial charge on any atom is 0.260 e. The molecule has 0 atom stereocenters. The molecule has 0 fully saturated rings. The fraction of sp³-hybridized carbons (Fsp3) is 0.333. The number of hydrogen-bond donors (Lipinski definition) is 1. The Morgan fingerprint density at radius 3 is 2.45 bits per heavy atom. The SMILES string of the molecule is COc1cccc(C(=O)N(CC[NH+](C)C)c2nc3c(OC)ccc(OC)c3s2)c1. The first-order chi connectivity index (χ1) is 14.0. The molecule has 0 spiro atoms. The van der Waals surface area contributed by atoms with Crippen LogP contribution in [0.1, 0.15) is 10.4 Å². The Morgan fingerprint density at radius 2 is 1.79 bits per heavy atom. The summed E-state index contributed by atoms with van der Waals surface area (Å²) in [5.74, 6) is 1.87. The molecule has 3 rings (SSSR count). The van der Waals surface area contributed by atoms with Gasteiger partial charge in [0.15, 0.2) is 5.13 Å². The van der Waals surface area contributed by atoms with Gasteiger partial charge in [-0.05, 0) is 30.3 Å². The Labute approximate surface area is 174 Å². The lowest BCUT2D eigenvalue weighted by atomic mass is 10.2. The molecule has 0 radical (unpaired) electrons. The van der Waals surface area contributed by atoms with Gasteiger partial charge in [0.1, 0.15) is 27.5 Å². The number of thiazole rings is 1. The van der Waals surface area contributed by atoms with Crippen LogP contribution in [0.2, 0.25) is 0 Å².